The first kappa shape index (κ1) is 13.2. The van der Waals surface area contributed by atoms with Crippen LogP contribution in [0.15, 0.2) is 23.8 Å². The molecular weight excluding hydrogens is 228 g/mol. The van der Waals surface area contributed by atoms with Gasteiger partial charge in [-0.25, -0.2) is 0 Å². The summed E-state index contributed by atoms with van der Waals surface area (Å²) in [6.07, 6.45) is 4.44. The van der Waals surface area contributed by atoms with E-state index in [-0.39, 0.29) is 23.3 Å². The third-order valence-electron chi connectivity index (χ3n) is 4.75. The van der Waals surface area contributed by atoms with E-state index in [0.717, 1.165) is 12.0 Å². The smallest absolute Gasteiger partial charge is 0.156 e. The Balaban J connectivity index is 2.49. The van der Waals surface area contributed by atoms with E-state index < -0.39 is 5.60 Å². The zero-order valence-electron chi connectivity index (χ0n) is 10.9. The van der Waals surface area contributed by atoms with Crippen molar-refractivity contribution in [3.05, 3.63) is 23.8 Å². The Morgan fingerprint density at radius 1 is 1.44 bits per heavy atom. The molecule has 1 N–H and O–H groups in total. The van der Waals surface area contributed by atoms with Gasteiger partial charge in [-0.1, -0.05) is 32.1 Å². The van der Waals surface area contributed by atoms with Crippen LogP contribution in [0.4, 0.5) is 0 Å². The highest BCUT2D eigenvalue weighted by Crippen LogP contribution is 2.51. The summed E-state index contributed by atoms with van der Waals surface area (Å²) < 4.78 is 0. The van der Waals surface area contributed by atoms with Crippen LogP contribution < -0.4 is 0 Å². The Hall–Kier alpha value is -1.22. The lowest BCUT2D eigenvalue weighted by Gasteiger charge is -2.49. The molecule has 2 aliphatic rings. The fourth-order valence-electron chi connectivity index (χ4n) is 3.79. The maximum absolute atomic E-state index is 11.4. The summed E-state index contributed by atoms with van der Waals surface area (Å²) >= 11 is 0. The first-order chi connectivity index (χ1) is 8.45. The van der Waals surface area contributed by atoms with Gasteiger partial charge in [0.25, 0.3) is 0 Å². The van der Waals surface area contributed by atoms with Crippen molar-refractivity contribution in [1.29, 1.82) is 0 Å². The summed E-state index contributed by atoms with van der Waals surface area (Å²) in [6, 6.07) is 0. The molecular formula is C15H20O3. The molecule has 0 aromatic rings. The van der Waals surface area contributed by atoms with Crippen LogP contribution in [-0.4, -0.2) is 23.3 Å². The topological polar surface area (TPSA) is 54.4 Å². The quantitative estimate of drug-likeness (QED) is 0.600. The molecule has 5 atom stereocenters. The van der Waals surface area contributed by atoms with Crippen molar-refractivity contribution in [3.63, 3.8) is 0 Å². The summed E-state index contributed by atoms with van der Waals surface area (Å²) in [5, 5.41) is 10.6. The Bertz CT molecular complexity index is 423. The Morgan fingerprint density at radius 2 is 2.11 bits per heavy atom. The van der Waals surface area contributed by atoms with Gasteiger partial charge in [-0.3, -0.25) is 9.59 Å². The van der Waals surface area contributed by atoms with Crippen LogP contribution in [0.1, 0.15) is 26.7 Å². The molecule has 0 spiro atoms. The number of carbonyl (C=O) groups is 2. The molecule has 5 unspecified atom stereocenters. The number of aliphatic hydroxyl groups is 1. The van der Waals surface area contributed by atoms with Crippen molar-refractivity contribution in [3.8, 4) is 0 Å². The highest BCUT2D eigenvalue weighted by Gasteiger charge is 2.52. The Kier molecular flexibility index (Phi) is 3.28. The van der Waals surface area contributed by atoms with E-state index in [1.165, 1.54) is 0 Å². The third-order valence-corrected chi connectivity index (χ3v) is 4.75. The first-order valence-electron chi connectivity index (χ1n) is 6.48. The largest absolute Gasteiger partial charge is 0.377 e. The van der Waals surface area contributed by atoms with Crippen molar-refractivity contribution < 1.29 is 14.7 Å². The molecule has 0 bridgehead atoms. The van der Waals surface area contributed by atoms with Crippen molar-refractivity contribution in [2.24, 2.45) is 23.7 Å². The lowest BCUT2D eigenvalue weighted by molar-refractivity contribution is -0.134. The number of allylic oxidation sites excluding steroid dienone is 2. The fraction of sp³-hybridized carbons (Fsp3) is 0.600. The SMILES string of the molecule is C=C1C(C)CC(C)C2C1CC=C(C=O)C2(O)C=O. The molecule has 1 fully saturated rings. The summed E-state index contributed by atoms with van der Waals surface area (Å²) in [4.78, 5) is 22.4. The van der Waals surface area contributed by atoms with Crippen LogP contribution in [0.5, 0.6) is 0 Å². The zero-order chi connectivity index (χ0) is 13.5. The standard InChI is InChI=1S/C15H20O3/c1-9-6-10(2)14-13(11(9)3)5-4-12(7-16)15(14,18)8-17/h4,7-10,13-14,18H,3,5-6H2,1-2H3. The first-order valence-corrected chi connectivity index (χ1v) is 6.48. The highest BCUT2D eigenvalue weighted by atomic mass is 16.3. The van der Waals surface area contributed by atoms with Crippen LogP contribution in [-0.2, 0) is 9.59 Å². The minimum absolute atomic E-state index is 0.0997. The highest BCUT2D eigenvalue weighted by molar-refractivity contribution is 5.87. The van der Waals surface area contributed by atoms with Crippen molar-refractivity contribution >= 4 is 12.6 Å². The second-order valence-electron chi connectivity index (χ2n) is 5.78. The minimum Gasteiger partial charge on any atom is -0.377 e. The molecule has 98 valence electrons. The summed E-state index contributed by atoms with van der Waals surface area (Å²) in [7, 11) is 0. The molecule has 0 saturated heterocycles. The van der Waals surface area contributed by atoms with Gasteiger partial charge < -0.3 is 5.11 Å². The molecule has 0 aromatic heterocycles. The van der Waals surface area contributed by atoms with Gasteiger partial charge in [-0.2, -0.15) is 0 Å². The van der Waals surface area contributed by atoms with Crippen LogP contribution in [0.3, 0.4) is 0 Å². The number of aldehydes is 2. The average molecular weight is 248 g/mol. The van der Waals surface area contributed by atoms with Crippen LogP contribution >= 0.6 is 0 Å². The Morgan fingerprint density at radius 3 is 2.67 bits per heavy atom. The fourth-order valence-corrected chi connectivity index (χ4v) is 3.79. The molecule has 0 heterocycles. The lowest BCUT2D eigenvalue weighted by Crippen LogP contribution is -2.53. The van der Waals surface area contributed by atoms with E-state index in [2.05, 4.69) is 13.5 Å². The van der Waals surface area contributed by atoms with Gasteiger partial charge >= 0.3 is 0 Å². The van der Waals surface area contributed by atoms with Crippen molar-refractivity contribution in [2.45, 2.75) is 32.3 Å². The van der Waals surface area contributed by atoms with Gasteiger partial charge in [0.15, 0.2) is 11.9 Å². The minimum atomic E-state index is -1.63. The lowest BCUT2D eigenvalue weighted by atomic mass is 9.56. The summed E-state index contributed by atoms with van der Waals surface area (Å²) in [5.41, 5.74) is -0.319. The molecule has 1 saturated carbocycles. The van der Waals surface area contributed by atoms with Crippen molar-refractivity contribution in [1.82, 2.24) is 0 Å². The molecule has 0 aliphatic heterocycles. The van der Waals surface area contributed by atoms with Crippen LogP contribution in [0.25, 0.3) is 0 Å². The van der Waals surface area contributed by atoms with Gasteiger partial charge in [0.1, 0.15) is 6.29 Å². The number of hydrogen-bond donors (Lipinski definition) is 1. The van der Waals surface area contributed by atoms with Gasteiger partial charge in [0.05, 0.1) is 0 Å². The third kappa shape index (κ3) is 1.69. The molecule has 0 aromatic carbocycles. The van der Waals surface area contributed by atoms with E-state index in [1.807, 2.05) is 6.92 Å². The Labute approximate surface area is 108 Å². The van der Waals surface area contributed by atoms with E-state index in [9.17, 15) is 14.7 Å². The number of carbonyl (C=O) groups excluding carboxylic acids is 2. The number of rotatable bonds is 2. The van der Waals surface area contributed by atoms with E-state index in [4.69, 9.17) is 0 Å². The van der Waals surface area contributed by atoms with Crippen LogP contribution in [0, 0.1) is 23.7 Å². The van der Waals surface area contributed by atoms with Gasteiger partial charge in [0.2, 0.25) is 0 Å². The molecule has 18 heavy (non-hydrogen) atoms. The van der Waals surface area contributed by atoms with Gasteiger partial charge in [-0.15, -0.1) is 0 Å². The van der Waals surface area contributed by atoms with Crippen LogP contribution in [0.2, 0.25) is 0 Å². The predicted octanol–water partition coefficient (Wildman–Crippen LogP) is 1.91. The second-order valence-corrected chi connectivity index (χ2v) is 5.78. The second kappa shape index (κ2) is 4.47. The van der Waals surface area contributed by atoms with E-state index in [1.54, 1.807) is 6.08 Å². The van der Waals surface area contributed by atoms with Gasteiger partial charge in [0, 0.05) is 11.5 Å². The predicted molar refractivity (Wildman–Crippen MR) is 68.8 cm³/mol. The molecule has 2 rings (SSSR count). The van der Waals surface area contributed by atoms with Gasteiger partial charge in [-0.05, 0) is 30.6 Å². The summed E-state index contributed by atoms with van der Waals surface area (Å²) in [6.45, 7) is 8.30. The molecule has 3 nitrogen and oxygen atoms in total. The normalized spacial score (nSPS) is 43.9. The summed E-state index contributed by atoms with van der Waals surface area (Å²) in [5.74, 6) is 0.490. The zero-order valence-corrected chi connectivity index (χ0v) is 10.9. The molecule has 0 amide bonds. The molecule has 0 radical (unpaired) electrons. The molecule has 2 aliphatic carbocycles. The van der Waals surface area contributed by atoms with Crippen molar-refractivity contribution in [2.75, 3.05) is 0 Å². The number of fused-ring (bicyclic) bond motifs is 1. The molecule has 3 heteroatoms. The van der Waals surface area contributed by atoms with E-state index in [0.29, 0.717) is 24.9 Å². The van der Waals surface area contributed by atoms with E-state index >= 15 is 0 Å². The maximum Gasteiger partial charge on any atom is 0.156 e. The maximum atomic E-state index is 11.4. The number of hydrogen-bond acceptors (Lipinski definition) is 3. The average Bonchev–Trinajstić information content (AvgIpc) is 2.35. The monoisotopic (exact) mass is 248 g/mol.